The SMILES string of the molecule is C=CC(CO)(OCCNC(=O)O)c1ccccc1. The average Bonchev–Trinajstić information content (AvgIpc) is 2.40. The Balaban J connectivity index is 2.69. The van der Waals surface area contributed by atoms with Gasteiger partial charge in [0, 0.05) is 6.54 Å². The van der Waals surface area contributed by atoms with Crippen LogP contribution in [0, 0.1) is 0 Å². The highest BCUT2D eigenvalue weighted by Gasteiger charge is 2.28. The van der Waals surface area contributed by atoms with Gasteiger partial charge < -0.3 is 20.3 Å². The molecule has 98 valence electrons. The normalized spacial score (nSPS) is 13.6. The van der Waals surface area contributed by atoms with Crippen molar-refractivity contribution in [3.63, 3.8) is 0 Å². The Morgan fingerprint density at radius 1 is 1.44 bits per heavy atom. The molecule has 0 aliphatic carbocycles. The van der Waals surface area contributed by atoms with Crippen LogP contribution in [0.15, 0.2) is 43.0 Å². The molecule has 0 radical (unpaired) electrons. The molecule has 1 rings (SSSR count). The predicted octanol–water partition coefficient (Wildman–Crippen LogP) is 1.34. The van der Waals surface area contributed by atoms with Crippen LogP contribution < -0.4 is 5.32 Å². The molecular weight excluding hydrogens is 234 g/mol. The van der Waals surface area contributed by atoms with E-state index in [0.717, 1.165) is 5.56 Å². The van der Waals surface area contributed by atoms with Gasteiger partial charge in [0.05, 0.1) is 13.2 Å². The van der Waals surface area contributed by atoms with Crippen LogP contribution in [0.25, 0.3) is 0 Å². The van der Waals surface area contributed by atoms with Gasteiger partial charge in [0.1, 0.15) is 5.60 Å². The molecule has 5 heteroatoms. The van der Waals surface area contributed by atoms with E-state index in [9.17, 15) is 9.90 Å². The van der Waals surface area contributed by atoms with Gasteiger partial charge in [-0.3, -0.25) is 0 Å². The monoisotopic (exact) mass is 251 g/mol. The highest BCUT2D eigenvalue weighted by Crippen LogP contribution is 2.26. The molecule has 0 heterocycles. The summed E-state index contributed by atoms with van der Waals surface area (Å²) in [5.74, 6) is 0. The van der Waals surface area contributed by atoms with Crippen molar-refractivity contribution in [2.24, 2.45) is 0 Å². The van der Waals surface area contributed by atoms with Crippen molar-refractivity contribution in [2.45, 2.75) is 5.60 Å². The van der Waals surface area contributed by atoms with E-state index in [0.29, 0.717) is 0 Å². The minimum absolute atomic E-state index is 0.147. The Morgan fingerprint density at radius 3 is 2.61 bits per heavy atom. The molecule has 0 spiro atoms. The number of rotatable bonds is 7. The summed E-state index contributed by atoms with van der Waals surface area (Å²) >= 11 is 0. The number of benzene rings is 1. The van der Waals surface area contributed by atoms with Gasteiger partial charge in [0.25, 0.3) is 0 Å². The van der Waals surface area contributed by atoms with Crippen LogP contribution >= 0.6 is 0 Å². The fourth-order valence-electron chi connectivity index (χ4n) is 1.57. The van der Waals surface area contributed by atoms with Crippen molar-refractivity contribution < 1.29 is 19.7 Å². The van der Waals surface area contributed by atoms with Gasteiger partial charge in [0.15, 0.2) is 0 Å². The van der Waals surface area contributed by atoms with Crippen LogP contribution in [0.5, 0.6) is 0 Å². The van der Waals surface area contributed by atoms with Crippen LogP contribution in [0.3, 0.4) is 0 Å². The molecule has 0 aliphatic heterocycles. The minimum Gasteiger partial charge on any atom is -0.465 e. The van der Waals surface area contributed by atoms with E-state index in [-0.39, 0.29) is 19.8 Å². The van der Waals surface area contributed by atoms with Crippen LogP contribution in [-0.4, -0.2) is 36.1 Å². The lowest BCUT2D eigenvalue weighted by Gasteiger charge is -2.29. The summed E-state index contributed by atoms with van der Waals surface area (Å²) in [5, 5.41) is 20.1. The number of carboxylic acid groups (broad SMARTS) is 1. The smallest absolute Gasteiger partial charge is 0.404 e. The van der Waals surface area contributed by atoms with Crippen molar-refractivity contribution >= 4 is 6.09 Å². The lowest BCUT2D eigenvalue weighted by atomic mass is 9.94. The quantitative estimate of drug-likeness (QED) is 0.505. The molecule has 0 bridgehead atoms. The van der Waals surface area contributed by atoms with Crippen LogP contribution in [0.1, 0.15) is 5.56 Å². The van der Waals surface area contributed by atoms with Crippen LogP contribution in [-0.2, 0) is 10.3 Å². The Labute approximate surface area is 106 Å². The van der Waals surface area contributed by atoms with Gasteiger partial charge >= 0.3 is 6.09 Å². The first-order valence-electron chi connectivity index (χ1n) is 5.55. The summed E-state index contributed by atoms with van der Waals surface area (Å²) in [6.07, 6.45) is 0.412. The van der Waals surface area contributed by atoms with Gasteiger partial charge in [-0.1, -0.05) is 43.0 Å². The molecule has 1 aromatic rings. The molecule has 0 fully saturated rings. The largest absolute Gasteiger partial charge is 0.465 e. The summed E-state index contributed by atoms with van der Waals surface area (Å²) < 4.78 is 5.57. The molecule has 1 atom stereocenters. The Kier molecular flexibility index (Phi) is 5.35. The van der Waals surface area contributed by atoms with Crippen LogP contribution in [0.2, 0.25) is 0 Å². The number of amides is 1. The standard InChI is InChI=1S/C13H17NO4/c1-2-13(10-15,11-6-4-3-5-7-11)18-9-8-14-12(16)17/h2-7,14-15H,1,8-10H2,(H,16,17). The zero-order valence-corrected chi connectivity index (χ0v) is 10.0. The summed E-state index contributed by atoms with van der Waals surface area (Å²) in [6, 6.07) is 9.18. The highest BCUT2D eigenvalue weighted by atomic mass is 16.5. The highest BCUT2D eigenvalue weighted by molar-refractivity contribution is 5.64. The summed E-state index contributed by atoms with van der Waals surface area (Å²) in [7, 11) is 0. The second-order valence-electron chi connectivity index (χ2n) is 3.70. The van der Waals surface area contributed by atoms with Crippen LogP contribution in [0.4, 0.5) is 4.79 Å². The molecule has 1 amide bonds. The summed E-state index contributed by atoms with van der Waals surface area (Å²) in [6.45, 7) is 3.71. The molecule has 0 saturated heterocycles. The number of hydrogen-bond donors (Lipinski definition) is 3. The van der Waals surface area contributed by atoms with Gasteiger partial charge in [-0.15, -0.1) is 0 Å². The van der Waals surface area contributed by atoms with E-state index in [4.69, 9.17) is 9.84 Å². The van der Waals surface area contributed by atoms with E-state index in [1.807, 2.05) is 30.3 Å². The second kappa shape index (κ2) is 6.78. The first-order valence-corrected chi connectivity index (χ1v) is 5.55. The van der Waals surface area contributed by atoms with E-state index >= 15 is 0 Å². The van der Waals surface area contributed by atoms with Gasteiger partial charge in [-0.05, 0) is 5.56 Å². The molecular formula is C13H17NO4. The summed E-state index contributed by atoms with van der Waals surface area (Å²) in [5.41, 5.74) is -0.223. The zero-order valence-electron chi connectivity index (χ0n) is 10.0. The second-order valence-corrected chi connectivity index (χ2v) is 3.70. The Bertz CT molecular complexity index is 393. The van der Waals surface area contributed by atoms with E-state index < -0.39 is 11.7 Å². The fourth-order valence-corrected chi connectivity index (χ4v) is 1.57. The third-order valence-corrected chi connectivity index (χ3v) is 2.56. The average molecular weight is 251 g/mol. The topological polar surface area (TPSA) is 78.8 Å². The number of nitrogens with one attached hydrogen (secondary N) is 1. The molecule has 1 unspecified atom stereocenters. The number of carbonyl (C=O) groups is 1. The Morgan fingerprint density at radius 2 is 2.11 bits per heavy atom. The molecule has 0 aliphatic rings. The minimum atomic E-state index is -1.11. The molecule has 0 aromatic heterocycles. The lowest BCUT2D eigenvalue weighted by molar-refractivity contribution is -0.0476. The van der Waals surface area contributed by atoms with E-state index in [1.165, 1.54) is 6.08 Å². The maximum atomic E-state index is 10.3. The lowest BCUT2D eigenvalue weighted by Crippen LogP contribution is -2.35. The van der Waals surface area contributed by atoms with Gasteiger partial charge in [-0.25, -0.2) is 4.79 Å². The van der Waals surface area contributed by atoms with Crippen molar-refractivity contribution in [2.75, 3.05) is 19.8 Å². The van der Waals surface area contributed by atoms with Crippen molar-refractivity contribution in [1.82, 2.24) is 5.32 Å². The van der Waals surface area contributed by atoms with Gasteiger partial charge in [-0.2, -0.15) is 0 Å². The zero-order chi connectivity index (χ0) is 13.4. The van der Waals surface area contributed by atoms with E-state index in [2.05, 4.69) is 11.9 Å². The first kappa shape index (κ1) is 14.2. The molecule has 5 nitrogen and oxygen atoms in total. The van der Waals surface area contributed by atoms with Crippen molar-refractivity contribution in [3.8, 4) is 0 Å². The van der Waals surface area contributed by atoms with Crippen molar-refractivity contribution in [3.05, 3.63) is 48.6 Å². The molecule has 18 heavy (non-hydrogen) atoms. The Hall–Kier alpha value is -1.85. The van der Waals surface area contributed by atoms with Crippen molar-refractivity contribution in [1.29, 1.82) is 0 Å². The third-order valence-electron chi connectivity index (χ3n) is 2.56. The molecule has 1 aromatic carbocycles. The third kappa shape index (κ3) is 3.58. The number of aliphatic hydroxyl groups excluding tert-OH is 1. The number of ether oxygens (including phenoxy) is 1. The van der Waals surface area contributed by atoms with E-state index in [1.54, 1.807) is 0 Å². The predicted molar refractivity (Wildman–Crippen MR) is 67.4 cm³/mol. The first-order chi connectivity index (χ1) is 8.64. The molecule has 3 N–H and O–H groups in total. The summed E-state index contributed by atoms with van der Waals surface area (Å²) in [4.78, 5) is 10.3. The number of hydrogen-bond acceptors (Lipinski definition) is 3. The molecule has 0 saturated carbocycles. The van der Waals surface area contributed by atoms with Gasteiger partial charge in [0.2, 0.25) is 0 Å². The maximum Gasteiger partial charge on any atom is 0.404 e. The number of aliphatic hydroxyl groups is 1. The fraction of sp³-hybridized carbons (Fsp3) is 0.308. The maximum absolute atomic E-state index is 10.3.